The average molecular weight is 354 g/mol. The highest BCUT2D eigenvalue weighted by Crippen LogP contribution is 2.31. The minimum Gasteiger partial charge on any atom is -0.464 e. The molecule has 1 aromatic heterocycles. The third-order valence-electron chi connectivity index (χ3n) is 5.17. The van der Waals surface area contributed by atoms with Gasteiger partial charge in [0.1, 0.15) is 6.04 Å². The zero-order valence-electron chi connectivity index (χ0n) is 14.6. The Kier molecular flexibility index (Phi) is 4.69. The lowest BCUT2D eigenvalue weighted by atomic mass is 9.87. The Morgan fingerprint density at radius 2 is 1.88 bits per heavy atom. The molecule has 1 aliphatic carbocycles. The van der Waals surface area contributed by atoms with E-state index in [4.69, 9.17) is 4.74 Å². The number of rotatable bonds is 4. The van der Waals surface area contributed by atoms with E-state index >= 15 is 0 Å². The van der Waals surface area contributed by atoms with E-state index in [2.05, 4.69) is 15.6 Å². The summed E-state index contributed by atoms with van der Waals surface area (Å²) in [5, 5.41) is 11.3. The number of carbonyl (C=O) groups excluding carboxylic acids is 2. The fourth-order valence-corrected chi connectivity index (χ4v) is 3.62. The Hall–Kier alpha value is -2.70. The van der Waals surface area contributed by atoms with E-state index in [1.165, 1.54) is 32.1 Å². The average Bonchev–Trinajstić information content (AvgIpc) is 3.32. The highest BCUT2D eigenvalue weighted by Gasteiger charge is 2.28. The molecule has 1 aromatic carbocycles. The van der Waals surface area contributed by atoms with E-state index < -0.39 is 6.04 Å². The molecule has 4 rings (SSSR count). The van der Waals surface area contributed by atoms with Crippen LogP contribution in [0.1, 0.15) is 60.5 Å². The highest BCUT2D eigenvalue weighted by atomic mass is 16.5. The van der Waals surface area contributed by atoms with Crippen LogP contribution in [-0.4, -0.2) is 39.5 Å². The Morgan fingerprint density at radius 3 is 2.58 bits per heavy atom. The van der Waals surface area contributed by atoms with Gasteiger partial charge >= 0.3 is 5.97 Å². The van der Waals surface area contributed by atoms with Gasteiger partial charge in [0.15, 0.2) is 0 Å². The fraction of sp³-hybridized carbons (Fsp3) is 0.474. The van der Waals surface area contributed by atoms with Gasteiger partial charge in [0.05, 0.1) is 24.2 Å². The van der Waals surface area contributed by atoms with Crippen molar-refractivity contribution in [2.75, 3.05) is 6.61 Å². The lowest BCUT2D eigenvalue weighted by Crippen LogP contribution is -2.37. The summed E-state index contributed by atoms with van der Waals surface area (Å²) in [6.45, 7) is 0.359. The third-order valence-corrected chi connectivity index (χ3v) is 5.17. The van der Waals surface area contributed by atoms with E-state index in [-0.39, 0.29) is 11.9 Å². The van der Waals surface area contributed by atoms with E-state index in [1.54, 1.807) is 16.8 Å². The number of benzene rings is 1. The van der Waals surface area contributed by atoms with Gasteiger partial charge in [-0.25, -0.2) is 9.48 Å². The number of nitrogens with zero attached hydrogens (tertiary/aromatic N) is 3. The molecule has 1 atom stereocenters. The summed E-state index contributed by atoms with van der Waals surface area (Å²) in [7, 11) is 0. The van der Waals surface area contributed by atoms with Gasteiger partial charge in [-0.2, -0.15) is 0 Å². The summed E-state index contributed by atoms with van der Waals surface area (Å²) in [5.74, 6) is -0.136. The predicted octanol–water partition coefficient (Wildman–Crippen LogP) is 2.36. The topological polar surface area (TPSA) is 86.1 Å². The van der Waals surface area contributed by atoms with Crippen molar-refractivity contribution in [1.29, 1.82) is 0 Å². The normalized spacial score (nSPS) is 20.8. The van der Waals surface area contributed by atoms with Crippen LogP contribution >= 0.6 is 0 Å². The number of hydrogen-bond acceptors (Lipinski definition) is 5. The molecule has 7 nitrogen and oxygen atoms in total. The Bertz CT molecular complexity index is 793. The minimum atomic E-state index is -0.546. The molecule has 0 unspecified atom stereocenters. The Balaban J connectivity index is 1.43. The van der Waals surface area contributed by atoms with Crippen LogP contribution in [0, 0.1) is 0 Å². The van der Waals surface area contributed by atoms with Crippen molar-refractivity contribution in [3.05, 3.63) is 41.7 Å². The molecule has 136 valence electrons. The standard InChI is InChI=1S/C19H22N4O3/c24-18(20-16-10-11-26-19(16)25)14-6-8-15(9-7-14)23-12-17(21-22-23)13-4-2-1-3-5-13/h6-9,12-13,16H,1-5,10-11H2,(H,20,24)/t16-/m0/s1. The molecule has 7 heteroatoms. The van der Waals surface area contributed by atoms with Crippen LogP contribution in [0.3, 0.4) is 0 Å². The van der Waals surface area contributed by atoms with Crippen LogP contribution in [0.2, 0.25) is 0 Å². The van der Waals surface area contributed by atoms with Crippen molar-refractivity contribution in [2.24, 2.45) is 0 Å². The van der Waals surface area contributed by atoms with Gasteiger partial charge in [-0.3, -0.25) is 4.79 Å². The van der Waals surface area contributed by atoms with Crippen LogP contribution in [0.15, 0.2) is 30.5 Å². The Labute approximate surface area is 151 Å². The lowest BCUT2D eigenvalue weighted by Gasteiger charge is -2.18. The fourth-order valence-electron chi connectivity index (χ4n) is 3.62. The number of cyclic esters (lactones) is 1. The Morgan fingerprint density at radius 1 is 1.12 bits per heavy atom. The first-order valence-electron chi connectivity index (χ1n) is 9.21. The van der Waals surface area contributed by atoms with Crippen molar-refractivity contribution >= 4 is 11.9 Å². The summed E-state index contributed by atoms with van der Waals surface area (Å²) < 4.78 is 6.61. The summed E-state index contributed by atoms with van der Waals surface area (Å²) in [5.41, 5.74) is 2.41. The van der Waals surface area contributed by atoms with Crippen molar-refractivity contribution < 1.29 is 14.3 Å². The van der Waals surface area contributed by atoms with Crippen LogP contribution in [-0.2, 0) is 9.53 Å². The van der Waals surface area contributed by atoms with Gasteiger partial charge in [0, 0.05) is 17.9 Å². The molecule has 1 saturated carbocycles. The van der Waals surface area contributed by atoms with Crippen LogP contribution in [0.25, 0.3) is 5.69 Å². The summed E-state index contributed by atoms with van der Waals surface area (Å²) in [6.07, 6.45) is 8.70. The number of esters is 1. The summed E-state index contributed by atoms with van der Waals surface area (Å²) >= 11 is 0. The maximum atomic E-state index is 12.3. The van der Waals surface area contributed by atoms with E-state index in [1.807, 2.05) is 18.3 Å². The van der Waals surface area contributed by atoms with Gasteiger partial charge in [-0.15, -0.1) is 5.10 Å². The van der Waals surface area contributed by atoms with Gasteiger partial charge in [-0.05, 0) is 37.1 Å². The van der Waals surface area contributed by atoms with E-state index in [9.17, 15) is 9.59 Å². The third kappa shape index (κ3) is 3.47. The van der Waals surface area contributed by atoms with Crippen molar-refractivity contribution in [3.8, 4) is 5.69 Å². The van der Waals surface area contributed by atoms with E-state index in [0.29, 0.717) is 24.5 Å². The molecule has 2 heterocycles. The monoisotopic (exact) mass is 354 g/mol. The second kappa shape index (κ2) is 7.27. The first-order valence-corrected chi connectivity index (χ1v) is 9.21. The van der Waals surface area contributed by atoms with Crippen molar-refractivity contribution in [1.82, 2.24) is 20.3 Å². The second-order valence-electron chi connectivity index (χ2n) is 6.95. The SMILES string of the molecule is O=C(N[C@H]1CCOC1=O)c1ccc(-n2cc(C3CCCCC3)nn2)cc1. The summed E-state index contributed by atoms with van der Waals surface area (Å²) in [4.78, 5) is 23.7. The first kappa shape index (κ1) is 16.8. The lowest BCUT2D eigenvalue weighted by molar-refractivity contribution is -0.139. The molecule has 26 heavy (non-hydrogen) atoms. The van der Waals surface area contributed by atoms with Crippen LogP contribution in [0.4, 0.5) is 0 Å². The molecule has 1 saturated heterocycles. The number of nitrogens with one attached hydrogen (secondary N) is 1. The molecule has 0 bridgehead atoms. The smallest absolute Gasteiger partial charge is 0.328 e. The molecule has 2 aromatic rings. The molecule has 1 N–H and O–H groups in total. The predicted molar refractivity (Wildman–Crippen MR) is 94.0 cm³/mol. The number of aromatic nitrogens is 3. The van der Waals surface area contributed by atoms with Crippen LogP contribution < -0.4 is 5.32 Å². The van der Waals surface area contributed by atoms with Gasteiger partial charge in [-0.1, -0.05) is 24.5 Å². The number of amides is 1. The van der Waals surface area contributed by atoms with Crippen molar-refractivity contribution in [3.63, 3.8) is 0 Å². The molecule has 0 radical (unpaired) electrons. The molecule has 2 aliphatic rings. The number of carbonyl (C=O) groups is 2. The van der Waals surface area contributed by atoms with Gasteiger partial charge in [0.2, 0.25) is 0 Å². The molecular weight excluding hydrogens is 332 g/mol. The molecule has 1 amide bonds. The van der Waals surface area contributed by atoms with Crippen molar-refractivity contribution in [2.45, 2.75) is 50.5 Å². The second-order valence-corrected chi connectivity index (χ2v) is 6.95. The maximum Gasteiger partial charge on any atom is 0.328 e. The number of ether oxygens (including phenoxy) is 1. The maximum absolute atomic E-state index is 12.3. The first-order chi connectivity index (χ1) is 12.7. The molecule has 2 fully saturated rings. The van der Waals surface area contributed by atoms with E-state index in [0.717, 1.165) is 11.4 Å². The largest absolute Gasteiger partial charge is 0.464 e. The molecule has 1 aliphatic heterocycles. The highest BCUT2D eigenvalue weighted by molar-refractivity contribution is 5.97. The zero-order valence-corrected chi connectivity index (χ0v) is 14.6. The molecular formula is C19H22N4O3. The summed E-state index contributed by atoms with van der Waals surface area (Å²) in [6, 6.07) is 6.58. The molecule has 0 spiro atoms. The van der Waals surface area contributed by atoms with Gasteiger partial charge < -0.3 is 10.1 Å². The van der Waals surface area contributed by atoms with Crippen LogP contribution in [0.5, 0.6) is 0 Å². The number of hydrogen-bond donors (Lipinski definition) is 1. The zero-order chi connectivity index (χ0) is 17.9. The minimum absolute atomic E-state index is 0.276. The quantitative estimate of drug-likeness (QED) is 0.852. The van der Waals surface area contributed by atoms with Gasteiger partial charge in [0.25, 0.3) is 5.91 Å².